The molecule has 0 amide bonds. The smallest absolute Gasteiger partial charge is 0.126 e. The largest absolute Gasteiger partial charge is 0.316 e. The monoisotopic (exact) mass is 255 g/mol. The highest BCUT2D eigenvalue weighted by Gasteiger charge is 2.26. The summed E-state index contributed by atoms with van der Waals surface area (Å²) in [4.78, 5) is 0. The molecule has 18 heavy (non-hydrogen) atoms. The van der Waals surface area contributed by atoms with Crippen LogP contribution in [0.25, 0.3) is 0 Å². The van der Waals surface area contributed by atoms with E-state index in [0.717, 1.165) is 37.6 Å². The fourth-order valence-corrected chi connectivity index (χ4v) is 2.35. The van der Waals surface area contributed by atoms with Crippen molar-refractivity contribution in [3.05, 3.63) is 35.4 Å². The molecule has 0 bridgehead atoms. The maximum atomic E-state index is 13.2. The summed E-state index contributed by atoms with van der Waals surface area (Å²) in [6, 6.07) is 3.80. The van der Waals surface area contributed by atoms with Crippen molar-refractivity contribution in [3.8, 4) is 0 Å². The molecule has 0 aliphatic rings. The van der Waals surface area contributed by atoms with Crippen molar-refractivity contribution >= 4 is 0 Å². The second-order valence-electron chi connectivity index (χ2n) is 4.94. The number of hydrogen-bond donors (Lipinski definition) is 1. The molecular weight excluding hydrogens is 232 g/mol. The van der Waals surface area contributed by atoms with Crippen LogP contribution in [0.15, 0.2) is 18.2 Å². The second kappa shape index (κ2) is 6.83. The first kappa shape index (κ1) is 15.1. The van der Waals surface area contributed by atoms with Crippen molar-refractivity contribution in [2.24, 2.45) is 5.41 Å². The lowest BCUT2D eigenvalue weighted by Crippen LogP contribution is -2.35. The van der Waals surface area contributed by atoms with E-state index in [9.17, 15) is 8.78 Å². The van der Waals surface area contributed by atoms with Crippen molar-refractivity contribution < 1.29 is 8.78 Å². The molecule has 0 saturated carbocycles. The predicted molar refractivity (Wildman–Crippen MR) is 71.6 cm³/mol. The number of hydrogen-bond acceptors (Lipinski definition) is 1. The first-order valence-electron chi connectivity index (χ1n) is 6.71. The molecule has 1 rings (SSSR count). The molecule has 0 saturated heterocycles. The highest BCUT2D eigenvalue weighted by atomic mass is 19.1. The Morgan fingerprint density at radius 1 is 1.00 bits per heavy atom. The fraction of sp³-hybridized carbons (Fsp3) is 0.600. The minimum Gasteiger partial charge on any atom is -0.316 e. The molecule has 0 radical (unpaired) electrons. The van der Waals surface area contributed by atoms with Crippen molar-refractivity contribution in [1.29, 1.82) is 0 Å². The Morgan fingerprint density at radius 3 is 2.00 bits per heavy atom. The van der Waals surface area contributed by atoms with Gasteiger partial charge in [-0.05, 0) is 48.9 Å². The van der Waals surface area contributed by atoms with Crippen LogP contribution in [-0.4, -0.2) is 13.1 Å². The lowest BCUT2D eigenvalue weighted by Gasteiger charge is -2.32. The SMILES string of the molecule is CCNCC(CC)(CC)Cc1cc(F)cc(F)c1. The van der Waals surface area contributed by atoms with Gasteiger partial charge in [-0.3, -0.25) is 0 Å². The third kappa shape index (κ3) is 4.05. The Kier molecular flexibility index (Phi) is 5.73. The van der Waals surface area contributed by atoms with Gasteiger partial charge in [-0.1, -0.05) is 20.8 Å². The van der Waals surface area contributed by atoms with Crippen molar-refractivity contribution in [3.63, 3.8) is 0 Å². The van der Waals surface area contributed by atoms with Crippen molar-refractivity contribution in [2.75, 3.05) is 13.1 Å². The quantitative estimate of drug-likeness (QED) is 0.778. The molecule has 0 aliphatic heterocycles. The van der Waals surface area contributed by atoms with E-state index >= 15 is 0 Å². The summed E-state index contributed by atoms with van der Waals surface area (Å²) in [5.74, 6) is -0.982. The van der Waals surface area contributed by atoms with Crippen LogP contribution in [0.4, 0.5) is 8.78 Å². The molecule has 1 nitrogen and oxygen atoms in total. The second-order valence-corrected chi connectivity index (χ2v) is 4.94. The Hall–Kier alpha value is -0.960. The topological polar surface area (TPSA) is 12.0 Å². The van der Waals surface area contributed by atoms with Crippen LogP contribution < -0.4 is 5.32 Å². The molecule has 0 unspecified atom stereocenters. The zero-order valence-corrected chi connectivity index (χ0v) is 11.5. The zero-order chi connectivity index (χ0) is 13.6. The lowest BCUT2D eigenvalue weighted by molar-refractivity contribution is 0.248. The van der Waals surface area contributed by atoms with Crippen LogP contribution in [0.5, 0.6) is 0 Å². The Bertz CT molecular complexity index is 353. The molecule has 0 aliphatic carbocycles. The Morgan fingerprint density at radius 2 is 1.56 bits per heavy atom. The molecule has 0 heterocycles. The molecule has 1 aromatic carbocycles. The van der Waals surface area contributed by atoms with Gasteiger partial charge in [0.25, 0.3) is 0 Å². The minimum atomic E-state index is -0.491. The molecule has 0 fully saturated rings. The Labute approximate surface area is 109 Å². The first-order chi connectivity index (χ1) is 8.55. The van der Waals surface area contributed by atoms with Gasteiger partial charge in [0, 0.05) is 12.6 Å². The van der Waals surface area contributed by atoms with Gasteiger partial charge in [-0.15, -0.1) is 0 Å². The van der Waals surface area contributed by atoms with Gasteiger partial charge in [0.15, 0.2) is 0 Å². The van der Waals surface area contributed by atoms with Crippen LogP contribution in [0.1, 0.15) is 39.2 Å². The summed E-state index contributed by atoms with van der Waals surface area (Å²) >= 11 is 0. The van der Waals surface area contributed by atoms with E-state index in [4.69, 9.17) is 0 Å². The predicted octanol–water partition coefficient (Wildman–Crippen LogP) is 3.92. The van der Waals surface area contributed by atoms with Crippen LogP contribution in [0.2, 0.25) is 0 Å². The van der Waals surface area contributed by atoms with Gasteiger partial charge in [0.1, 0.15) is 11.6 Å². The van der Waals surface area contributed by atoms with E-state index in [0.29, 0.717) is 6.42 Å². The molecule has 0 spiro atoms. The van der Waals surface area contributed by atoms with E-state index in [2.05, 4.69) is 26.1 Å². The highest BCUT2D eigenvalue weighted by molar-refractivity contribution is 5.19. The average Bonchev–Trinajstić information content (AvgIpc) is 2.33. The van der Waals surface area contributed by atoms with Gasteiger partial charge in [-0.2, -0.15) is 0 Å². The van der Waals surface area contributed by atoms with Gasteiger partial charge in [0.2, 0.25) is 0 Å². The molecule has 1 N–H and O–H groups in total. The summed E-state index contributed by atoms with van der Waals surface area (Å²) < 4.78 is 26.4. The summed E-state index contributed by atoms with van der Waals surface area (Å²) in [6.45, 7) is 8.14. The average molecular weight is 255 g/mol. The van der Waals surface area contributed by atoms with Crippen molar-refractivity contribution in [1.82, 2.24) is 5.32 Å². The van der Waals surface area contributed by atoms with Crippen LogP contribution in [0, 0.1) is 17.0 Å². The van der Waals surface area contributed by atoms with E-state index < -0.39 is 11.6 Å². The summed E-state index contributed by atoms with van der Waals surface area (Å²) in [6.07, 6.45) is 2.70. The van der Waals surface area contributed by atoms with Crippen LogP contribution in [0.3, 0.4) is 0 Å². The van der Waals surface area contributed by atoms with Crippen LogP contribution >= 0.6 is 0 Å². The van der Waals surface area contributed by atoms with E-state index in [1.54, 1.807) is 0 Å². The number of benzene rings is 1. The minimum absolute atomic E-state index is 0.0796. The summed E-state index contributed by atoms with van der Waals surface area (Å²) in [5, 5.41) is 3.35. The highest BCUT2D eigenvalue weighted by Crippen LogP contribution is 2.30. The normalized spacial score (nSPS) is 11.8. The molecule has 3 heteroatoms. The molecule has 1 aromatic rings. The maximum Gasteiger partial charge on any atom is 0.126 e. The third-order valence-corrected chi connectivity index (χ3v) is 3.75. The molecule has 0 atom stereocenters. The summed E-state index contributed by atoms with van der Waals surface area (Å²) in [5.41, 5.74) is 0.824. The van der Waals surface area contributed by atoms with E-state index in [-0.39, 0.29) is 5.41 Å². The fourth-order valence-electron chi connectivity index (χ4n) is 2.35. The number of rotatable bonds is 7. The van der Waals surface area contributed by atoms with Gasteiger partial charge < -0.3 is 5.32 Å². The molecule has 0 aromatic heterocycles. The first-order valence-corrected chi connectivity index (χ1v) is 6.71. The lowest BCUT2D eigenvalue weighted by atomic mass is 9.77. The van der Waals surface area contributed by atoms with E-state index in [1.807, 2.05) is 0 Å². The maximum absolute atomic E-state index is 13.2. The van der Waals surface area contributed by atoms with Gasteiger partial charge in [0.05, 0.1) is 0 Å². The third-order valence-electron chi connectivity index (χ3n) is 3.75. The Balaban J connectivity index is 2.88. The summed E-state index contributed by atoms with van der Waals surface area (Å²) in [7, 11) is 0. The standard InChI is InChI=1S/C15H23F2N/c1-4-15(5-2,11-18-6-3)10-12-7-13(16)9-14(17)8-12/h7-9,18H,4-6,10-11H2,1-3H3. The van der Waals surface area contributed by atoms with Gasteiger partial charge in [-0.25, -0.2) is 8.78 Å². The van der Waals surface area contributed by atoms with E-state index in [1.165, 1.54) is 12.1 Å². The van der Waals surface area contributed by atoms with Gasteiger partial charge >= 0.3 is 0 Å². The number of halogens is 2. The molecule has 102 valence electrons. The molecular formula is C15H23F2N. The zero-order valence-electron chi connectivity index (χ0n) is 11.5. The van der Waals surface area contributed by atoms with Crippen LogP contribution in [-0.2, 0) is 6.42 Å². The van der Waals surface area contributed by atoms with Crippen molar-refractivity contribution in [2.45, 2.75) is 40.0 Å². The number of nitrogens with one attached hydrogen (secondary N) is 1.